The van der Waals surface area contributed by atoms with E-state index in [1.54, 1.807) is 6.92 Å². The van der Waals surface area contributed by atoms with Crippen molar-refractivity contribution in [2.75, 3.05) is 0 Å². The molecule has 0 bridgehead atoms. The van der Waals surface area contributed by atoms with Crippen LogP contribution in [0.4, 0.5) is 23.2 Å². The summed E-state index contributed by atoms with van der Waals surface area (Å²) in [6.45, 7) is 5.02. The molecule has 39 heavy (non-hydrogen) atoms. The monoisotopic (exact) mass is 555 g/mol. The van der Waals surface area contributed by atoms with Crippen LogP contribution in [0.1, 0.15) is 85.2 Å². The predicted molar refractivity (Wildman–Crippen MR) is 132 cm³/mol. The fourth-order valence-corrected chi connectivity index (χ4v) is 8.68. The highest BCUT2D eigenvalue weighted by molar-refractivity contribution is 5.91. The molecule has 7 nitrogen and oxygen atoms in total. The highest BCUT2D eigenvalue weighted by atomic mass is 19.2. The van der Waals surface area contributed by atoms with Crippen LogP contribution >= 0.6 is 0 Å². The van der Waals surface area contributed by atoms with Gasteiger partial charge in [-0.25, -0.2) is 22.4 Å². The number of ketones is 1. The Labute approximate surface area is 226 Å². The molecule has 0 saturated heterocycles. The van der Waals surface area contributed by atoms with E-state index in [4.69, 9.17) is 11.6 Å². The van der Waals surface area contributed by atoms with Crippen LogP contribution in [0.25, 0.3) is 10.4 Å². The number of aliphatic hydroxyl groups excluding tert-OH is 1. The Hall–Kier alpha value is -2.65. The summed E-state index contributed by atoms with van der Waals surface area (Å²) in [6, 6.07) is 0. The van der Waals surface area contributed by atoms with E-state index in [9.17, 15) is 33.6 Å². The molecular weight excluding hydrogens is 518 g/mol. The molecule has 0 heterocycles. The quantitative estimate of drug-likeness (QED) is 0.108. The highest BCUT2D eigenvalue weighted by Crippen LogP contribution is 2.68. The zero-order valence-electron chi connectivity index (χ0n) is 24.0. The smallest absolute Gasteiger partial charge is 0.344 e. The fraction of sp³-hybridized carbons (Fsp3) is 0.714. The van der Waals surface area contributed by atoms with Gasteiger partial charge in [0.25, 0.3) is 0 Å². The van der Waals surface area contributed by atoms with Crippen LogP contribution in [0.15, 0.2) is 5.11 Å². The summed E-state index contributed by atoms with van der Waals surface area (Å²) < 4.78 is 82.6. The van der Waals surface area contributed by atoms with Crippen LogP contribution in [0.5, 0.6) is 0 Å². The minimum Gasteiger partial charge on any atom is -0.458 e. The molecule has 4 saturated carbocycles. The molecule has 212 valence electrons. The molecule has 0 unspecified atom stereocenters. The zero-order chi connectivity index (χ0) is 30.2. The molecule has 0 radical (unpaired) electrons. The maximum atomic E-state index is 14.9. The van der Waals surface area contributed by atoms with Crippen LogP contribution in [0.3, 0.4) is 0 Å². The Morgan fingerprint density at radius 1 is 1.10 bits per heavy atom. The van der Waals surface area contributed by atoms with E-state index >= 15 is 0 Å². The van der Waals surface area contributed by atoms with Crippen molar-refractivity contribution in [1.29, 1.82) is 0 Å². The van der Waals surface area contributed by atoms with Crippen molar-refractivity contribution < 1.29 is 39.7 Å². The maximum Gasteiger partial charge on any atom is 0.344 e. The molecule has 1 N–H and O–H groups in total. The van der Waals surface area contributed by atoms with Gasteiger partial charge in [0, 0.05) is 19.5 Å². The number of halogens is 4. The largest absolute Gasteiger partial charge is 0.458 e. The predicted octanol–water partition coefficient (Wildman–Crippen LogP) is 6.93. The number of nitrogens with zero attached hydrogens (tertiary/aromatic N) is 3. The van der Waals surface area contributed by atoms with Gasteiger partial charge in [0.15, 0.2) is 23.3 Å². The third-order valence-corrected chi connectivity index (χ3v) is 10.4. The third kappa shape index (κ3) is 4.15. The molecule has 4 fully saturated rings. The van der Waals surface area contributed by atoms with Crippen LogP contribution in [-0.2, 0) is 9.53 Å². The van der Waals surface area contributed by atoms with Gasteiger partial charge < -0.3 is 9.84 Å². The molecular formula is C28H33F4N3O4. The van der Waals surface area contributed by atoms with Gasteiger partial charge in [-0.3, -0.25) is 4.79 Å². The third-order valence-electron chi connectivity index (χ3n) is 10.4. The van der Waals surface area contributed by atoms with E-state index in [0.29, 0.717) is 32.1 Å². The Morgan fingerprint density at radius 3 is 2.38 bits per heavy atom. The second-order valence-corrected chi connectivity index (χ2v) is 12.1. The number of aliphatic hydroxyl groups is 1. The molecule has 0 spiro atoms. The number of esters is 1. The van der Waals surface area contributed by atoms with Gasteiger partial charge in [0.2, 0.25) is 0 Å². The van der Waals surface area contributed by atoms with Crippen molar-refractivity contribution >= 4 is 17.4 Å². The number of rotatable bonds is 4. The van der Waals surface area contributed by atoms with E-state index < -0.39 is 87.5 Å². The molecule has 0 aliphatic heterocycles. The van der Waals surface area contributed by atoms with Crippen molar-refractivity contribution in [2.24, 2.45) is 45.5 Å². The minimum absolute atomic E-state index is 0.0475. The Balaban J connectivity index is 1.61. The lowest BCUT2D eigenvalue weighted by atomic mass is 9.43. The van der Waals surface area contributed by atoms with Gasteiger partial charge >= 0.3 is 5.97 Å². The molecule has 0 amide bonds. The topological polar surface area (TPSA) is 112 Å². The number of carbonyl (C=O) groups is 2. The van der Waals surface area contributed by atoms with Crippen molar-refractivity contribution in [1.82, 2.24) is 0 Å². The lowest BCUT2D eigenvalue weighted by Crippen LogP contribution is -2.60. The molecule has 10 atom stereocenters. The number of ether oxygens (including phenoxy) is 1. The zero-order valence-corrected chi connectivity index (χ0v) is 22.0. The Morgan fingerprint density at radius 2 is 1.77 bits per heavy atom. The van der Waals surface area contributed by atoms with Crippen molar-refractivity contribution in [3.8, 4) is 0 Å². The number of carbonyl (C=O) groups excluding carboxylic acids is 2. The molecule has 1 aromatic rings. The summed E-state index contributed by atoms with van der Waals surface area (Å²) >= 11 is 0. The van der Waals surface area contributed by atoms with Gasteiger partial charge in [0.1, 0.15) is 23.1 Å². The number of hydrogen-bond acceptors (Lipinski definition) is 5. The van der Waals surface area contributed by atoms with E-state index in [0.717, 1.165) is 6.42 Å². The van der Waals surface area contributed by atoms with Gasteiger partial charge in [-0.15, -0.1) is 0 Å². The summed E-state index contributed by atoms with van der Waals surface area (Å²) in [5.41, 5.74) is 3.76. The first-order chi connectivity index (χ1) is 19.1. The first-order valence-corrected chi connectivity index (χ1v) is 13.4. The normalized spacial score (nSPS) is 43.6. The van der Waals surface area contributed by atoms with Gasteiger partial charge in [-0.2, -0.15) is 0 Å². The Kier molecular flexibility index (Phi) is 6.34. The molecule has 11 heteroatoms. The second kappa shape index (κ2) is 9.77. The summed E-state index contributed by atoms with van der Waals surface area (Å²) in [5, 5.41) is 13.0. The minimum atomic E-state index is -2.06. The van der Waals surface area contributed by atoms with Crippen LogP contribution in [-0.4, -0.2) is 29.1 Å². The van der Waals surface area contributed by atoms with Gasteiger partial charge in [0.05, 0.1) is 6.10 Å². The summed E-state index contributed by atoms with van der Waals surface area (Å²) in [7, 11) is 0. The number of benzene rings is 1. The number of fused-ring (bicyclic) bond motifs is 5. The van der Waals surface area contributed by atoms with Gasteiger partial charge in [-0.05, 0) is 92.4 Å². The lowest BCUT2D eigenvalue weighted by molar-refractivity contribution is -0.179. The van der Waals surface area contributed by atoms with Gasteiger partial charge in [-0.1, -0.05) is 19.0 Å². The maximum absolute atomic E-state index is 14.9. The average molecular weight is 556 g/mol. The van der Waals surface area contributed by atoms with Crippen LogP contribution in [0, 0.1) is 63.7 Å². The molecule has 4 aliphatic carbocycles. The second-order valence-electron chi connectivity index (χ2n) is 12.1. The van der Waals surface area contributed by atoms with E-state index in [1.807, 2.05) is 6.92 Å². The number of Topliss-reactive ketones (excluding diaryl/α,β-unsaturated/α-hetero) is 1. The fourth-order valence-electron chi connectivity index (χ4n) is 8.68. The van der Waals surface area contributed by atoms with Crippen molar-refractivity contribution in [3.05, 3.63) is 39.3 Å². The van der Waals surface area contributed by atoms with Crippen LogP contribution < -0.4 is 0 Å². The van der Waals surface area contributed by atoms with E-state index in [-0.39, 0.29) is 24.2 Å². The first-order valence-electron chi connectivity index (χ1n) is 14.4. The van der Waals surface area contributed by atoms with Crippen molar-refractivity contribution in [3.63, 3.8) is 0 Å². The number of azide groups is 1. The van der Waals surface area contributed by atoms with Crippen molar-refractivity contribution in [2.45, 2.75) is 84.3 Å². The summed E-state index contributed by atoms with van der Waals surface area (Å²) in [5.74, 6) is -13.0. The highest BCUT2D eigenvalue weighted by Gasteiger charge is 2.64. The Bertz CT molecular complexity index is 1330. The average Bonchev–Trinajstić information content (AvgIpc) is 3.11. The SMILES string of the molecule is [3H][C@@H]1C[C@H]2[C@@H]3CC[C@H]4C[C@H](O)CC[C@]4(C)[C@H]3[C@@H](OC(=O)c3c(F)c(F)c(N=[N+]=[N-])c(F)c3F)C[C@]2(C)[C@@]1([3H])C(C)=O. The molecule has 1 aromatic carbocycles. The number of hydrogen-bond donors (Lipinski definition) is 1. The summed E-state index contributed by atoms with van der Waals surface area (Å²) in [4.78, 5) is 28.4. The molecule has 0 aromatic heterocycles. The van der Waals surface area contributed by atoms with E-state index in [2.05, 4.69) is 10.0 Å². The van der Waals surface area contributed by atoms with Crippen LogP contribution in [0.2, 0.25) is 0 Å². The summed E-state index contributed by atoms with van der Waals surface area (Å²) in [6.07, 6.45) is 0.595. The lowest BCUT2D eigenvalue weighted by Gasteiger charge is -2.62. The standard InChI is InChI=1S/C28H33F4N3O4/c1-12(36)16-6-7-17-15-5-4-13-10-14(37)8-9-27(13,2)20(15)18(11-28(16,17)3)39-26(38)19-21(29)23(31)25(34-35-33)24(32)22(19)30/h13-18,20,37H,4-11H2,1-3H3/t13-,14+,15-,16+,17-,18-,20+,27-,28+/m0/s1/i6T,16T/t6-,13+,14-,15+,16-,17+,18+,20-,27+,28-/m1. The first kappa shape index (κ1) is 25.3. The molecule has 5 rings (SSSR count). The van der Waals surface area contributed by atoms with E-state index in [1.165, 1.54) is 6.92 Å². The molecule has 4 aliphatic rings.